The Hall–Kier alpha value is -4.42. The van der Waals surface area contributed by atoms with Crippen LogP contribution in [0.15, 0.2) is 103 Å². The zero-order valence-corrected chi connectivity index (χ0v) is 30.7. The van der Waals surface area contributed by atoms with Crippen LogP contribution >= 0.6 is 0 Å². The average Bonchev–Trinajstić information content (AvgIpc) is 3.21. The van der Waals surface area contributed by atoms with E-state index >= 15 is 0 Å². The van der Waals surface area contributed by atoms with Crippen LogP contribution in [0.5, 0.6) is 0 Å². The Bertz CT molecular complexity index is 1720. The van der Waals surface area contributed by atoms with Crippen LogP contribution in [0.4, 0.5) is 0 Å². The van der Waals surface area contributed by atoms with Gasteiger partial charge >= 0.3 is 0 Å². The molecule has 1 aliphatic heterocycles. The molecule has 10 heteroatoms. The Labute approximate surface area is 312 Å². The summed E-state index contributed by atoms with van der Waals surface area (Å²) in [5.74, 6) is -0.402. The third kappa shape index (κ3) is 11.5. The summed E-state index contributed by atoms with van der Waals surface area (Å²) < 4.78 is 13.2. The van der Waals surface area contributed by atoms with E-state index in [9.17, 15) is 19.8 Å². The van der Waals surface area contributed by atoms with Crippen LogP contribution in [-0.2, 0) is 32.2 Å². The van der Waals surface area contributed by atoms with Crippen LogP contribution in [0.2, 0.25) is 0 Å². The van der Waals surface area contributed by atoms with Crippen molar-refractivity contribution in [3.63, 3.8) is 0 Å². The van der Waals surface area contributed by atoms with Gasteiger partial charge in [-0.2, -0.15) is 0 Å². The fourth-order valence-corrected chi connectivity index (χ4v) is 6.73. The van der Waals surface area contributed by atoms with E-state index in [-0.39, 0.29) is 43.1 Å². The van der Waals surface area contributed by atoms with Crippen LogP contribution in [0.25, 0.3) is 11.1 Å². The number of unbranched alkanes of at least 4 members (excludes halogenated alkanes) is 3. The average molecular weight is 724 g/mol. The summed E-state index contributed by atoms with van der Waals surface area (Å²) in [4.78, 5) is 25.9. The maximum Gasteiger partial charge on any atom is 0.243 e. The molecule has 0 aliphatic carbocycles. The second-order valence-electron chi connectivity index (χ2n) is 13.9. The number of hydrogen-bond donors (Lipinski definition) is 5. The lowest BCUT2D eigenvalue weighted by atomic mass is 9.97. The summed E-state index contributed by atoms with van der Waals surface area (Å²) >= 11 is 0. The van der Waals surface area contributed by atoms with Gasteiger partial charge in [-0.3, -0.25) is 19.7 Å². The zero-order chi connectivity index (χ0) is 37.6. The molecule has 0 bridgehead atoms. The first-order valence-corrected chi connectivity index (χ1v) is 18.6. The minimum atomic E-state index is -0.646. The number of nitrogens with one attached hydrogen (secondary N) is 2. The smallest absolute Gasteiger partial charge is 0.243 e. The molecule has 5 rings (SSSR count). The van der Waals surface area contributed by atoms with Gasteiger partial charge in [-0.15, -0.1) is 0 Å². The quantitative estimate of drug-likeness (QED) is 0.0424. The van der Waals surface area contributed by atoms with Gasteiger partial charge in [-0.05, 0) is 60.2 Å². The largest absolute Gasteiger partial charge is 0.392 e. The van der Waals surface area contributed by atoms with Gasteiger partial charge in [-0.25, -0.2) is 5.48 Å². The molecule has 10 nitrogen and oxygen atoms in total. The van der Waals surface area contributed by atoms with Gasteiger partial charge in [0.05, 0.1) is 24.9 Å². The number of amides is 2. The number of likely N-dealkylation sites (N-methyl/N-ethyl adjacent to an activating group) is 1. The topological polar surface area (TPSA) is 141 Å². The van der Waals surface area contributed by atoms with Crippen molar-refractivity contribution in [3.05, 3.63) is 131 Å². The SMILES string of the molecule is C[C@@H]([C@H](O)c1ccccc1)N(C)C[C@@H]1C[C@H](c2ccc(CO)cc2)O[C@H](c2ccc(-c3ccccc3CNC(=O)CCCCCCC(=O)NO)cc2)O1. The van der Waals surface area contributed by atoms with Crippen LogP contribution in [0, 0.1) is 0 Å². The molecule has 5 atom stereocenters. The molecular formula is C43H53N3O7. The molecule has 53 heavy (non-hydrogen) atoms. The number of ether oxygens (including phenoxy) is 2. The maximum absolute atomic E-state index is 12.6. The van der Waals surface area contributed by atoms with Crippen LogP contribution in [0.1, 0.15) is 98.2 Å². The number of rotatable bonds is 18. The highest BCUT2D eigenvalue weighted by Gasteiger charge is 2.34. The van der Waals surface area contributed by atoms with E-state index in [0.717, 1.165) is 58.2 Å². The number of hydroxylamine groups is 1. The van der Waals surface area contributed by atoms with Crippen LogP contribution < -0.4 is 10.8 Å². The van der Waals surface area contributed by atoms with Crippen molar-refractivity contribution in [2.24, 2.45) is 0 Å². The molecule has 1 aliphatic rings. The van der Waals surface area contributed by atoms with Crippen molar-refractivity contribution >= 4 is 11.8 Å². The normalized spacial score (nSPS) is 18.3. The van der Waals surface area contributed by atoms with Gasteiger partial charge in [0.15, 0.2) is 6.29 Å². The molecule has 0 unspecified atom stereocenters. The highest BCUT2D eigenvalue weighted by Crippen LogP contribution is 2.39. The Balaban J connectivity index is 1.24. The first-order chi connectivity index (χ1) is 25.7. The molecule has 0 radical (unpaired) electrons. The van der Waals surface area contributed by atoms with Crippen molar-refractivity contribution in [2.75, 3.05) is 13.6 Å². The summed E-state index contributed by atoms with van der Waals surface area (Å²) in [5.41, 5.74) is 8.30. The van der Waals surface area contributed by atoms with E-state index in [0.29, 0.717) is 32.4 Å². The van der Waals surface area contributed by atoms with E-state index in [1.165, 1.54) is 0 Å². The Morgan fingerprint density at radius 1 is 0.811 bits per heavy atom. The van der Waals surface area contributed by atoms with Gasteiger partial charge in [0, 0.05) is 44.0 Å². The molecule has 0 saturated carbocycles. The second-order valence-corrected chi connectivity index (χ2v) is 13.9. The molecule has 2 amide bonds. The van der Waals surface area contributed by atoms with Gasteiger partial charge in [0.2, 0.25) is 11.8 Å². The molecular weight excluding hydrogens is 670 g/mol. The third-order valence-electron chi connectivity index (χ3n) is 10.1. The number of carbonyl (C=O) groups is 2. The number of carbonyl (C=O) groups excluding carboxylic acids is 2. The number of nitrogens with zero attached hydrogens (tertiary/aromatic N) is 1. The maximum atomic E-state index is 12.6. The number of hydrogen-bond acceptors (Lipinski definition) is 8. The summed E-state index contributed by atoms with van der Waals surface area (Å²) in [7, 11) is 2.01. The zero-order valence-electron chi connectivity index (χ0n) is 30.7. The van der Waals surface area contributed by atoms with Crippen LogP contribution in [0.3, 0.4) is 0 Å². The van der Waals surface area contributed by atoms with Crippen molar-refractivity contribution in [2.45, 2.75) is 95.7 Å². The van der Waals surface area contributed by atoms with Gasteiger partial charge < -0.3 is 25.0 Å². The third-order valence-corrected chi connectivity index (χ3v) is 10.1. The molecule has 1 saturated heterocycles. The predicted molar refractivity (Wildman–Crippen MR) is 203 cm³/mol. The van der Waals surface area contributed by atoms with Gasteiger partial charge in [-0.1, -0.05) is 116 Å². The fraction of sp³-hybridized carbons (Fsp3) is 0.395. The molecule has 4 aromatic rings. The van der Waals surface area contributed by atoms with E-state index in [1.54, 1.807) is 5.48 Å². The monoisotopic (exact) mass is 723 g/mol. The molecule has 0 aromatic heterocycles. The van der Waals surface area contributed by atoms with Gasteiger partial charge in [0.1, 0.15) is 0 Å². The van der Waals surface area contributed by atoms with Crippen molar-refractivity contribution in [3.8, 4) is 11.1 Å². The molecule has 4 aromatic carbocycles. The van der Waals surface area contributed by atoms with E-state index in [4.69, 9.17) is 14.7 Å². The lowest BCUT2D eigenvalue weighted by Crippen LogP contribution is -2.43. The van der Waals surface area contributed by atoms with E-state index < -0.39 is 12.4 Å². The molecule has 5 N–H and O–H groups in total. The highest BCUT2D eigenvalue weighted by atomic mass is 16.7. The van der Waals surface area contributed by atoms with E-state index in [2.05, 4.69) is 28.4 Å². The fourth-order valence-electron chi connectivity index (χ4n) is 6.73. The minimum Gasteiger partial charge on any atom is -0.392 e. The lowest BCUT2D eigenvalue weighted by molar-refractivity contribution is -0.253. The first-order valence-electron chi connectivity index (χ1n) is 18.6. The summed E-state index contributed by atoms with van der Waals surface area (Å²) in [6.07, 6.45) is 2.74. The summed E-state index contributed by atoms with van der Waals surface area (Å²) in [6, 6.07) is 33.6. The molecule has 0 spiro atoms. The van der Waals surface area contributed by atoms with Crippen molar-refractivity contribution in [1.82, 2.24) is 15.7 Å². The van der Waals surface area contributed by atoms with Gasteiger partial charge in [0.25, 0.3) is 0 Å². The highest BCUT2D eigenvalue weighted by molar-refractivity contribution is 5.76. The predicted octanol–water partition coefficient (Wildman–Crippen LogP) is 6.91. The molecule has 282 valence electrons. The number of aliphatic hydroxyl groups is 2. The van der Waals surface area contributed by atoms with Crippen LogP contribution in [-0.4, -0.2) is 57.9 Å². The standard InChI is InChI=1S/C43H53N3O7/c1-30(42(50)34-12-6-5-7-13-34)46(2)28-37-26-39(33-20-18-31(29-47)19-21-33)53-43(52-37)35-24-22-32(23-25-35)38-15-11-10-14-36(38)27-44-40(48)16-8-3-4-9-17-41(49)45-51/h5-7,10-15,18-25,30,37,39,42-43,47,50-51H,3-4,8-9,16-17,26-29H2,1-2H3,(H,44,48)(H,45,49)/t30-,37-,39+,42-,43+/m0/s1. The summed E-state index contributed by atoms with van der Waals surface area (Å²) in [6.45, 7) is 3.00. The van der Waals surface area contributed by atoms with Crippen molar-refractivity contribution < 1.29 is 34.5 Å². The first kappa shape index (κ1) is 39.8. The Morgan fingerprint density at radius 2 is 1.45 bits per heavy atom. The second kappa shape index (κ2) is 20.1. The number of aliphatic hydroxyl groups excluding tert-OH is 2. The lowest BCUT2D eigenvalue weighted by Gasteiger charge is -2.39. The Kier molecular flexibility index (Phi) is 15.1. The molecule has 1 heterocycles. The van der Waals surface area contributed by atoms with E-state index in [1.807, 2.05) is 98.9 Å². The minimum absolute atomic E-state index is 0.0143. The number of benzene rings is 4. The summed E-state index contributed by atoms with van der Waals surface area (Å²) in [5, 5.41) is 32.3. The molecule has 1 fully saturated rings. The Morgan fingerprint density at radius 3 is 2.13 bits per heavy atom. The van der Waals surface area contributed by atoms with Crippen molar-refractivity contribution in [1.29, 1.82) is 0 Å².